The van der Waals surface area contributed by atoms with Crippen molar-refractivity contribution in [2.24, 2.45) is 0 Å². The molecule has 91 heavy (non-hydrogen) atoms. The van der Waals surface area contributed by atoms with Crippen LogP contribution in [0.15, 0.2) is 24.3 Å². The summed E-state index contributed by atoms with van der Waals surface area (Å²) in [4.78, 5) is 13.2. The zero-order valence-corrected chi connectivity index (χ0v) is 60.9. The van der Waals surface area contributed by atoms with Crippen LogP contribution in [0, 0.1) is 0 Å². The average Bonchev–Trinajstić information content (AvgIpc) is 1.51. The average molecular weight is 1290 g/mol. The second-order valence-electron chi connectivity index (χ2n) is 28.9. The quantitative estimate of drug-likeness (QED) is 0.0261. The number of rotatable bonds is 74. The maximum Gasteiger partial charge on any atom is 0.220 e. The van der Waals surface area contributed by atoms with E-state index in [2.05, 4.69) is 31.3 Å². The van der Waals surface area contributed by atoms with Gasteiger partial charge in [-0.2, -0.15) is 0 Å². The molecule has 7 atom stereocenters. The summed E-state index contributed by atoms with van der Waals surface area (Å²) < 4.78 is 11.3. The molecule has 0 radical (unpaired) electrons. The van der Waals surface area contributed by atoms with Gasteiger partial charge in [-0.3, -0.25) is 4.79 Å². The third-order valence-electron chi connectivity index (χ3n) is 20.0. The fourth-order valence-corrected chi connectivity index (χ4v) is 13.7. The second-order valence-corrected chi connectivity index (χ2v) is 28.9. The molecule has 1 aliphatic heterocycles. The van der Waals surface area contributed by atoms with Crippen LogP contribution in [-0.2, 0) is 14.3 Å². The van der Waals surface area contributed by atoms with E-state index in [0.29, 0.717) is 6.42 Å². The molecule has 0 aliphatic carbocycles. The van der Waals surface area contributed by atoms with Crippen molar-refractivity contribution in [3.8, 4) is 0 Å². The second kappa shape index (κ2) is 71.4. The van der Waals surface area contributed by atoms with Gasteiger partial charge < -0.3 is 40.3 Å². The van der Waals surface area contributed by atoms with Gasteiger partial charge in [-0.15, -0.1) is 0 Å². The lowest BCUT2D eigenvalue weighted by Gasteiger charge is -2.40. The Morgan fingerprint density at radius 3 is 0.923 bits per heavy atom. The van der Waals surface area contributed by atoms with Crippen LogP contribution in [0.2, 0.25) is 0 Å². The monoisotopic (exact) mass is 1290 g/mol. The van der Waals surface area contributed by atoms with E-state index in [1.807, 2.05) is 6.08 Å². The summed E-state index contributed by atoms with van der Waals surface area (Å²) in [5.41, 5.74) is 0. The van der Waals surface area contributed by atoms with E-state index in [1.54, 1.807) is 6.08 Å². The lowest BCUT2D eigenvalue weighted by atomic mass is 9.99. The fourth-order valence-electron chi connectivity index (χ4n) is 13.7. The molecule has 540 valence electrons. The standard InChI is InChI=1S/C82H159NO8/c1-3-5-7-9-11-13-15-17-19-21-23-25-27-29-31-33-35-36-37-38-39-40-42-44-46-48-50-52-54-56-58-60-62-64-66-68-70-72-78(86)83-75(74-90-82-81(89)80(88)79(87)77(73-84)91-82)76(85)71-69-67-65-63-61-59-57-55-53-51-49-47-45-43-41-34-32-30-28-26-24-22-20-18-16-14-12-10-8-6-4-2/h61,63,69,71,75-77,79-82,84-85,87-89H,3-60,62,64-68,70,72-74H2,1-2H3,(H,83,86)/b63-61+,71-69+. The summed E-state index contributed by atoms with van der Waals surface area (Å²) in [7, 11) is 0. The van der Waals surface area contributed by atoms with Gasteiger partial charge in [0.2, 0.25) is 5.91 Å². The van der Waals surface area contributed by atoms with Crippen LogP contribution in [0.3, 0.4) is 0 Å². The van der Waals surface area contributed by atoms with Gasteiger partial charge >= 0.3 is 0 Å². The van der Waals surface area contributed by atoms with Crippen molar-refractivity contribution in [1.82, 2.24) is 5.32 Å². The molecule has 0 aromatic carbocycles. The number of aliphatic hydroxyl groups excluding tert-OH is 5. The first kappa shape index (κ1) is 87.7. The SMILES string of the molecule is CCCCCCCCCCCCCCCCCCCCCCCCCCC/C=C/CC/C=C/C(O)C(COC1OC(CO)C(O)C(O)C1O)NC(=O)CCCCCCCCCCCCCCCCCCCCCCCCCCCCCCCCCCCCCCC. The van der Waals surface area contributed by atoms with Gasteiger partial charge in [-0.25, -0.2) is 0 Å². The molecular weight excluding hydrogens is 1130 g/mol. The number of carbonyl (C=O) groups excluding carboxylic acids is 1. The minimum atomic E-state index is -1.57. The van der Waals surface area contributed by atoms with Gasteiger partial charge in [0.15, 0.2) is 6.29 Å². The van der Waals surface area contributed by atoms with E-state index in [1.165, 1.54) is 379 Å². The number of unbranched alkanes of at least 4 members (excludes halogenated alkanes) is 62. The maximum atomic E-state index is 13.2. The minimum Gasteiger partial charge on any atom is -0.394 e. The molecule has 9 nitrogen and oxygen atoms in total. The molecule has 0 bridgehead atoms. The van der Waals surface area contributed by atoms with Crippen LogP contribution in [-0.4, -0.2) is 87.5 Å². The highest BCUT2D eigenvalue weighted by Crippen LogP contribution is 2.24. The van der Waals surface area contributed by atoms with Crippen LogP contribution in [0.1, 0.15) is 438 Å². The normalized spacial score (nSPS) is 17.7. The predicted octanol–water partition coefficient (Wildman–Crippen LogP) is 23.5. The molecule has 1 saturated heterocycles. The molecule has 9 heteroatoms. The molecule has 6 N–H and O–H groups in total. The Hall–Kier alpha value is -1.33. The topological polar surface area (TPSA) is 149 Å². The van der Waals surface area contributed by atoms with Gasteiger partial charge in [0, 0.05) is 6.42 Å². The van der Waals surface area contributed by atoms with E-state index in [-0.39, 0.29) is 12.5 Å². The molecule has 1 rings (SSSR count). The largest absolute Gasteiger partial charge is 0.394 e. The van der Waals surface area contributed by atoms with Crippen molar-refractivity contribution < 1.29 is 39.8 Å². The van der Waals surface area contributed by atoms with Gasteiger partial charge in [-0.05, 0) is 32.1 Å². The molecule has 1 amide bonds. The molecule has 1 fully saturated rings. The molecule has 1 heterocycles. The van der Waals surface area contributed by atoms with Crippen LogP contribution in [0.5, 0.6) is 0 Å². The number of amides is 1. The predicted molar refractivity (Wildman–Crippen MR) is 392 cm³/mol. The molecule has 0 aromatic rings. The first-order valence-electron chi connectivity index (χ1n) is 41.1. The Labute approximate surface area is 566 Å². The van der Waals surface area contributed by atoms with E-state index < -0.39 is 49.5 Å². The van der Waals surface area contributed by atoms with E-state index in [9.17, 15) is 30.3 Å². The van der Waals surface area contributed by atoms with Gasteiger partial charge in [0.25, 0.3) is 0 Å². The first-order chi connectivity index (χ1) is 44.8. The minimum absolute atomic E-state index is 0.176. The molecular formula is C82H159NO8. The number of ether oxygens (including phenoxy) is 2. The van der Waals surface area contributed by atoms with Crippen molar-refractivity contribution >= 4 is 5.91 Å². The lowest BCUT2D eigenvalue weighted by Crippen LogP contribution is -2.60. The molecule has 0 saturated carbocycles. The van der Waals surface area contributed by atoms with Crippen molar-refractivity contribution in [2.45, 2.75) is 480 Å². The van der Waals surface area contributed by atoms with Crippen LogP contribution < -0.4 is 5.32 Å². The number of hydrogen-bond donors (Lipinski definition) is 6. The van der Waals surface area contributed by atoms with Crippen molar-refractivity contribution in [2.75, 3.05) is 13.2 Å². The van der Waals surface area contributed by atoms with Gasteiger partial charge in [0.05, 0.1) is 25.4 Å². The Balaban J connectivity index is 2.06. The highest BCUT2D eigenvalue weighted by molar-refractivity contribution is 5.76. The Morgan fingerprint density at radius 2 is 0.626 bits per heavy atom. The van der Waals surface area contributed by atoms with E-state index >= 15 is 0 Å². The summed E-state index contributed by atoms with van der Waals surface area (Å²) in [6.45, 7) is 3.84. The summed E-state index contributed by atoms with van der Waals surface area (Å²) in [5.74, 6) is -0.176. The van der Waals surface area contributed by atoms with Gasteiger partial charge in [0.1, 0.15) is 24.4 Å². The Kier molecular flexibility index (Phi) is 68.8. The maximum absolute atomic E-state index is 13.2. The smallest absolute Gasteiger partial charge is 0.220 e. The first-order valence-corrected chi connectivity index (χ1v) is 41.1. The third kappa shape index (κ3) is 59.7. The lowest BCUT2D eigenvalue weighted by molar-refractivity contribution is -0.302. The number of hydrogen-bond acceptors (Lipinski definition) is 8. The number of allylic oxidation sites excluding steroid dienone is 3. The molecule has 0 aromatic heterocycles. The van der Waals surface area contributed by atoms with E-state index in [4.69, 9.17) is 9.47 Å². The summed E-state index contributed by atoms with van der Waals surface area (Å²) >= 11 is 0. The third-order valence-corrected chi connectivity index (χ3v) is 20.0. The molecule has 0 spiro atoms. The number of nitrogens with one attached hydrogen (secondary N) is 1. The van der Waals surface area contributed by atoms with E-state index in [0.717, 1.165) is 38.5 Å². The fraction of sp³-hybridized carbons (Fsp3) is 0.939. The summed E-state index contributed by atoms with van der Waals surface area (Å²) in [6, 6.07) is -0.821. The van der Waals surface area contributed by atoms with Crippen LogP contribution in [0.25, 0.3) is 0 Å². The number of carbonyl (C=O) groups is 1. The summed E-state index contributed by atoms with van der Waals surface area (Å²) in [6.07, 6.45) is 89.3. The van der Waals surface area contributed by atoms with Crippen LogP contribution >= 0.6 is 0 Å². The zero-order valence-electron chi connectivity index (χ0n) is 60.9. The zero-order chi connectivity index (χ0) is 65.7. The van der Waals surface area contributed by atoms with Crippen molar-refractivity contribution in [1.29, 1.82) is 0 Å². The van der Waals surface area contributed by atoms with Crippen molar-refractivity contribution in [3.63, 3.8) is 0 Å². The highest BCUT2D eigenvalue weighted by atomic mass is 16.7. The highest BCUT2D eigenvalue weighted by Gasteiger charge is 2.44. The van der Waals surface area contributed by atoms with Crippen molar-refractivity contribution in [3.05, 3.63) is 24.3 Å². The van der Waals surface area contributed by atoms with Crippen LogP contribution in [0.4, 0.5) is 0 Å². The molecule has 1 aliphatic rings. The Morgan fingerprint density at radius 1 is 0.363 bits per heavy atom. The van der Waals surface area contributed by atoms with Gasteiger partial charge in [-0.1, -0.05) is 423 Å². The number of aliphatic hydroxyl groups is 5. The Bertz CT molecular complexity index is 1490. The molecule has 7 unspecified atom stereocenters. The summed E-state index contributed by atoms with van der Waals surface area (Å²) in [5, 5.41) is 54.9.